The van der Waals surface area contributed by atoms with Crippen LogP contribution in [-0.4, -0.2) is 41.0 Å². The van der Waals surface area contributed by atoms with Gasteiger partial charge in [-0.2, -0.15) is 0 Å². The van der Waals surface area contributed by atoms with Gasteiger partial charge in [0.15, 0.2) is 5.96 Å². The van der Waals surface area contributed by atoms with Gasteiger partial charge in [0.25, 0.3) is 0 Å². The average Bonchev–Trinajstić information content (AvgIpc) is 3.20. The molecule has 0 fully saturated rings. The van der Waals surface area contributed by atoms with Crippen molar-refractivity contribution in [1.82, 2.24) is 20.2 Å². The van der Waals surface area contributed by atoms with E-state index < -0.39 is 0 Å². The summed E-state index contributed by atoms with van der Waals surface area (Å²) in [6.07, 6.45) is 2.91. The molecule has 3 aromatic rings. The molecule has 2 N–H and O–H groups in total. The van der Waals surface area contributed by atoms with Crippen LogP contribution < -0.4 is 5.32 Å². The minimum Gasteiger partial charge on any atom is -0.361 e. The van der Waals surface area contributed by atoms with Gasteiger partial charge >= 0.3 is 0 Å². The van der Waals surface area contributed by atoms with Gasteiger partial charge in [-0.1, -0.05) is 11.6 Å². The third-order valence-electron chi connectivity index (χ3n) is 4.13. The van der Waals surface area contributed by atoms with Gasteiger partial charge in [0.2, 0.25) is 0 Å². The van der Waals surface area contributed by atoms with Crippen molar-refractivity contribution in [2.45, 2.75) is 26.8 Å². The number of hydrogen-bond acceptors (Lipinski definition) is 3. The number of thiazole rings is 1. The minimum atomic E-state index is 0.711. The first kappa shape index (κ1) is 18.7. The van der Waals surface area contributed by atoms with E-state index in [1.165, 1.54) is 10.9 Å². The predicted molar refractivity (Wildman–Crippen MR) is 111 cm³/mol. The van der Waals surface area contributed by atoms with E-state index in [2.05, 4.69) is 32.5 Å². The van der Waals surface area contributed by atoms with Crippen molar-refractivity contribution in [3.8, 4) is 0 Å². The van der Waals surface area contributed by atoms with Crippen LogP contribution in [0.5, 0.6) is 0 Å². The van der Waals surface area contributed by atoms with Crippen molar-refractivity contribution in [2.24, 2.45) is 4.99 Å². The summed E-state index contributed by atoms with van der Waals surface area (Å²) >= 11 is 7.81. The van der Waals surface area contributed by atoms with E-state index >= 15 is 0 Å². The lowest BCUT2D eigenvalue weighted by molar-refractivity contribution is 0.471. The monoisotopic (exact) mass is 389 g/mol. The lowest BCUT2D eigenvalue weighted by Crippen LogP contribution is -2.38. The van der Waals surface area contributed by atoms with Gasteiger partial charge in [0.1, 0.15) is 0 Å². The lowest BCUT2D eigenvalue weighted by atomic mass is 10.1. The van der Waals surface area contributed by atoms with Crippen LogP contribution in [0.15, 0.2) is 34.8 Å². The van der Waals surface area contributed by atoms with Crippen molar-refractivity contribution >= 4 is 39.8 Å². The normalized spacial score (nSPS) is 11.9. The first-order valence-corrected chi connectivity index (χ1v) is 9.98. The zero-order valence-electron chi connectivity index (χ0n) is 15.3. The quantitative estimate of drug-likeness (QED) is 0.490. The van der Waals surface area contributed by atoms with Crippen LogP contribution in [0.25, 0.3) is 10.9 Å². The van der Waals surface area contributed by atoms with Crippen LogP contribution in [0.3, 0.4) is 0 Å². The first-order valence-electron chi connectivity index (χ1n) is 8.72. The SMILES string of the molecule is CCNC(=NCCc1c[nH]c2ccc(Cl)cc12)N(C)Cc1csc(C)n1. The molecule has 0 aliphatic carbocycles. The number of H-pyrrole nitrogens is 1. The van der Waals surface area contributed by atoms with Crippen molar-refractivity contribution in [3.63, 3.8) is 0 Å². The number of nitrogens with zero attached hydrogens (tertiary/aromatic N) is 3. The highest BCUT2D eigenvalue weighted by molar-refractivity contribution is 7.09. The molecule has 0 aliphatic rings. The van der Waals surface area contributed by atoms with E-state index in [1.54, 1.807) is 11.3 Å². The number of aromatic nitrogens is 2. The molecular formula is C19H24ClN5S. The summed E-state index contributed by atoms with van der Waals surface area (Å²) in [5, 5.41) is 8.48. The maximum absolute atomic E-state index is 6.13. The molecular weight excluding hydrogens is 366 g/mol. The second kappa shape index (κ2) is 8.56. The Balaban J connectivity index is 1.67. The molecule has 5 nitrogen and oxygen atoms in total. The van der Waals surface area contributed by atoms with Gasteiger partial charge in [0, 0.05) is 47.6 Å². The Kier molecular flexibility index (Phi) is 6.16. The Hall–Kier alpha value is -2.05. The Morgan fingerprint density at radius 3 is 3.00 bits per heavy atom. The third kappa shape index (κ3) is 4.56. The van der Waals surface area contributed by atoms with Crippen molar-refractivity contribution in [1.29, 1.82) is 0 Å². The highest BCUT2D eigenvalue weighted by atomic mass is 35.5. The minimum absolute atomic E-state index is 0.711. The van der Waals surface area contributed by atoms with Crippen LogP contribution in [-0.2, 0) is 13.0 Å². The zero-order chi connectivity index (χ0) is 18.5. The fourth-order valence-electron chi connectivity index (χ4n) is 2.91. The summed E-state index contributed by atoms with van der Waals surface area (Å²) in [6.45, 7) is 6.40. The molecule has 0 unspecified atom stereocenters. The molecule has 1 aromatic carbocycles. The molecule has 0 aliphatic heterocycles. The number of guanidine groups is 1. The van der Waals surface area contributed by atoms with Crippen LogP contribution in [0.4, 0.5) is 0 Å². The summed E-state index contributed by atoms with van der Waals surface area (Å²) in [4.78, 5) is 14.7. The third-order valence-corrected chi connectivity index (χ3v) is 5.19. The molecule has 3 rings (SSSR count). The first-order chi connectivity index (χ1) is 12.6. The fraction of sp³-hybridized carbons (Fsp3) is 0.368. The van der Waals surface area contributed by atoms with Gasteiger partial charge in [-0.05, 0) is 44.0 Å². The smallest absolute Gasteiger partial charge is 0.194 e. The van der Waals surface area contributed by atoms with Crippen molar-refractivity contribution < 1.29 is 0 Å². The standard InChI is InChI=1S/C19H24ClN5S/c1-4-21-19(25(3)11-16-12-26-13(2)24-16)22-8-7-14-10-23-18-6-5-15(20)9-17(14)18/h5-6,9-10,12,23H,4,7-8,11H2,1-3H3,(H,21,22). The molecule has 0 saturated carbocycles. The van der Waals surface area contributed by atoms with Crippen LogP contribution in [0.1, 0.15) is 23.2 Å². The van der Waals surface area contributed by atoms with Crippen LogP contribution >= 0.6 is 22.9 Å². The average molecular weight is 390 g/mol. The number of rotatable bonds is 6. The predicted octanol–water partition coefficient (Wildman–Crippen LogP) is 4.23. The van der Waals surface area contributed by atoms with E-state index in [4.69, 9.17) is 16.6 Å². The summed E-state index contributed by atoms with van der Waals surface area (Å²) in [7, 11) is 2.04. The van der Waals surface area contributed by atoms with E-state index in [-0.39, 0.29) is 0 Å². The highest BCUT2D eigenvalue weighted by Gasteiger charge is 2.09. The number of benzene rings is 1. The number of aliphatic imine (C=N–C) groups is 1. The molecule has 26 heavy (non-hydrogen) atoms. The second-order valence-electron chi connectivity index (χ2n) is 6.20. The molecule has 2 aromatic heterocycles. The summed E-state index contributed by atoms with van der Waals surface area (Å²) in [5.74, 6) is 0.899. The molecule has 0 saturated heterocycles. The second-order valence-corrected chi connectivity index (χ2v) is 7.70. The maximum atomic E-state index is 6.13. The van der Waals surface area contributed by atoms with Gasteiger partial charge in [-0.3, -0.25) is 4.99 Å². The zero-order valence-corrected chi connectivity index (χ0v) is 16.9. The van der Waals surface area contributed by atoms with Gasteiger partial charge in [0.05, 0.1) is 17.2 Å². The van der Waals surface area contributed by atoms with Gasteiger partial charge in [-0.25, -0.2) is 4.98 Å². The summed E-state index contributed by atoms with van der Waals surface area (Å²) in [6, 6.07) is 5.92. The Labute approximate surface area is 163 Å². The van der Waals surface area contributed by atoms with E-state index in [0.717, 1.165) is 46.7 Å². The molecule has 0 bridgehead atoms. The van der Waals surface area contributed by atoms with E-state index in [0.29, 0.717) is 6.54 Å². The Morgan fingerprint density at radius 1 is 1.42 bits per heavy atom. The van der Waals surface area contributed by atoms with E-state index in [9.17, 15) is 0 Å². The number of halogens is 1. The summed E-state index contributed by atoms with van der Waals surface area (Å²) < 4.78 is 0. The number of hydrogen-bond donors (Lipinski definition) is 2. The Morgan fingerprint density at radius 2 is 2.27 bits per heavy atom. The van der Waals surface area contributed by atoms with E-state index in [1.807, 2.05) is 38.4 Å². The number of aryl methyl sites for hydroxylation is 1. The molecule has 0 spiro atoms. The number of nitrogens with one attached hydrogen (secondary N) is 2. The topological polar surface area (TPSA) is 56.3 Å². The fourth-order valence-corrected chi connectivity index (χ4v) is 3.68. The van der Waals surface area contributed by atoms with Gasteiger partial charge in [-0.15, -0.1) is 11.3 Å². The molecule has 2 heterocycles. The molecule has 0 amide bonds. The molecule has 7 heteroatoms. The van der Waals surface area contributed by atoms with Crippen LogP contribution in [0, 0.1) is 6.92 Å². The van der Waals surface area contributed by atoms with Crippen molar-refractivity contribution in [2.75, 3.05) is 20.1 Å². The summed E-state index contributed by atoms with van der Waals surface area (Å²) in [5.41, 5.74) is 3.42. The number of fused-ring (bicyclic) bond motifs is 1. The highest BCUT2D eigenvalue weighted by Crippen LogP contribution is 2.22. The largest absolute Gasteiger partial charge is 0.361 e. The lowest BCUT2D eigenvalue weighted by Gasteiger charge is -2.21. The molecule has 0 atom stereocenters. The maximum Gasteiger partial charge on any atom is 0.194 e. The Bertz CT molecular complexity index is 898. The van der Waals surface area contributed by atoms with Crippen molar-refractivity contribution in [3.05, 3.63) is 51.1 Å². The number of aromatic amines is 1. The molecule has 0 radical (unpaired) electrons. The molecule has 138 valence electrons. The van der Waals surface area contributed by atoms with Gasteiger partial charge < -0.3 is 15.2 Å². The van der Waals surface area contributed by atoms with Crippen LogP contribution in [0.2, 0.25) is 5.02 Å².